The lowest BCUT2D eigenvalue weighted by molar-refractivity contribution is -0.132. The molecule has 0 aromatic heterocycles. The summed E-state index contributed by atoms with van der Waals surface area (Å²) in [5.41, 5.74) is 7.04. The minimum atomic E-state index is -0.569. The molecule has 1 saturated heterocycles. The van der Waals surface area contributed by atoms with Crippen LogP contribution in [0.15, 0.2) is 18.2 Å². The van der Waals surface area contributed by atoms with Crippen molar-refractivity contribution in [3.8, 4) is 5.75 Å². The van der Waals surface area contributed by atoms with Crippen LogP contribution in [-0.4, -0.2) is 25.4 Å². The van der Waals surface area contributed by atoms with Crippen molar-refractivity contribution in [3.05, 3.63) is 23.8 Å². The van der Waals surface area contributed by atoms with Gasteiger partial charge in [0.05, 0.1) is 13.0 Å². The quantitative estimate of drug-likeness (QED) is 0.573. The van der Waals surface area contributed by atoms with Crippen molar-refractivity contribution in [3.63, 3.8) is 0 Å². The number of hydrogen-bond acceptors (Lipinski definition) is 5. The molecule has 3 N–H and O–H groups in total. The van der Waals surface area contributed by atoms with E-state index in [4.69, 9.17) is 20.6 Å². The van der Waals surface area contributed by atoms with Gasteiger partial charge in [0.2, 0.25) is 0 Å². The van der Waals surface area contributed by atoms with Crippen LogP contribution in [0, 0.1) is 5.41 Å². The molecule has 0 saturated carbocycles. The highest BCUT2D eigenvalue weighted by molar-refractivity contribution is 6.39. The molecule has 0 amide bonds. The summed E-state index contributed by atoms with van der Waals surface area (Å²) in [6.07, 6.45) is 0. The van der Waals surface area contributed by atoms with Crippen LogP contribution in [0.1, 0.15) is 11.5 Å². The summed E-state index contributed by atoms with van der Waals surface area (Å²) in [4.78, 5) is 11.1. The van der Waals surface area contributed by atoms with Gasteiger partial charge in [0.25, 0.3) is 0 Å². The van der Waals surface area contributed by atoms with E-state index in [2.05, 4.69) is 0 Å². The van der Waals surface area contributed by atoms with E-state index in [1.807, 2.05) is 0 Å². The van der Waals surface area contributed by atoms with Gasteiger partial charge < -0.3 is 15.2 Å². The van der Waals surface area contributed by atoms with Crippen LogP contribution >= 0.6 is 0 Å². The highest BCUT2D eigenvalue weighted by Gasteiger charge is 2.33. The predicted molar refractivity (Wildman–Crippen MR) is 58.8 cm³/mol. The predicted octanol–water partition coefficient (Wildman–Crippen LogP) is 0.938. The molecule has 0 aliphatic carbocycles. The van der Waals surface area contributed by atoms with Crippen molar-refractivity contribution in [1.29, 1.82) is 5.41 Å². The fraction of sp³-hybridized carbons (Fsp3) is 0.273. The summed E-state index contributed by atoms with van der Waals surface area (Å²) in [6.45, 7) is 0.189. The molecular formula is C11H12N2O3. The molecule has 1 atom stereocenters. The van der Waals surface area contributed by atoms with Gasteiger partial charge in [0.1, 0.15) is 18.1 Å². The maximum absolute atomic E-state index is 11.1. The molecule has 1 aromatic carbocycles. The third-order valence-corrected chi connectivity index (χ3v) is 2.62. The van der Waals surface area contributed by atoms with Gasteiger partial charge in [-0.1, -0.05) is 6.07 Å². The van der Waals surface area contributed by atoms with Crippen molar-refractivity contribution in [1.82, 2.24) is 0 Å². The van der Waals surface area contributed by atoms with Crippen molar-refractivity contribution in [2.45, 2.75) is 5.92 Å². The average Bonchev–Trinajstić information content (AvgIpc) is 2.60. The summed E-state index contributed by atoms with van der Waals surface area (Å²) in [5.74, 6) is -0.281. The number of esters is 1. The summed E-state index contributed by atoms with van der Waals surface area (Å²) >= 11 is 0. The highest BCUT2D eigenvalue weighted by atomic mass is 16.5. The Morgan fingerprint density at radius 2 is 2.31 bits per heavy atom. The fourth-order valence-electron chi connectivity index (χ4n) is 1.70. The van der Waals surface area contributed by atoms with Gasteiger partial charge in [0.15, 0.2) is 0 Å². The van der Waals surface area contributed by atoms with Crippen LogP contribution in [-0.2, 0) is 9.53 Å². The number of benzene rings is 1. The van der Waals surface area contributed by atoms with E-state index < -0.39 is 5.97 Å². The second-order valence-corrected chi connectivity index (χ2v) is 3.56. The minimum Gasteiger partial charge on any atom is -0.497 e. The Hall–Kier alpha value is -2.04. The minimum absolute atomic E-state index is 0.0446. The molecule has 0 spiro atoms. The molecular weight excluding hydrogens is 208 g/mol. The van der Waals surface area contributed by atoms with Gasteiger partial charge in [-0.05, 0) is 11.6 Å². The van der Waals surface area contributed by atoms with Crippen LogP contribution in [0.4, 0.5) is 5.69 Å². The number of carbonyl (C=O) groups is 1. The van der Waals surface area contributed by atoms with E-state index >= 15 is 0 Å². The number of nitrogen functional groups attached to an aromatic ring is 1. The first kappa shape index (κ1) is 10.5. The molecule has 84 valence electrons. The van der Waals surface area contributed by atoms with E-state index in [0.29, 0.717) is 11.4 Å². The molecule has 1 fully saturated rings. The standard InChI is InChI=1S/C11H12N2O3/c1-15-6-2-3-7(9(12)4-6)8-5-16-11(14)10(8)13/h2-4,8,13H,5,12H2,1H3. The first-order valence-electron chi connectivity index (χ1n) is 4.82. The zero-order valence-corrected chi connectivity index (χ0v) is 8.82. The topological polar surface area (TPSA) is 85.4 Å². The third-order valence-electron chi connectivity index (χ3n) is 2.62. The number of cyclic esters (lactones) is 1. The van der Waals surface area contributed by atoms with E-state index in [9.17, 15) is 4.79 Å². The molecule has 5 nitrogen and oxygen atoms in total. The number of methoxy groups -OCH3 is 1. The first-order chi connectivity index (χ1) is 7.63. The summed E-state index contributed by atoms with van der Waals surface area (Å²) < 4.78 is 9.82. The summed E-state index contributed by atoms with van der Waals surface area (Å²) in [6, 6.07) is 5.18. The van der Waals surface area contributed by atoms with E-state index in [-0.39, 0.29) is 18.2 Å². The maximum atomic E-state index is 11.1. The molecule has 1 heterocycles. The monoisotopic (exact) mass is 220 g/mol. The van der Waals surface area contributed by atoms with Gasteiger partial charge >= 0.3 is 5.97 Å². The van der Waals surface area contributed by atoms with Crippen molar-refractivity contribution in [2.75, 3.05) is 19.5 Å². The van der Waals surface area contributed by atoms with Crippen LogP contribution in [0.5, 0.6) is 5.75 Å². The lowest BCUT2D eigenvalue weighted by atomic mass is 9.95. The molecule has 1 aromatic rings. The molecule has 2 rings (SSSR count). The average molecular weight is 220 g/mol. The van der Waals surface area contributed by atoms with Crippen molar-refractivity contribution in [2.24, 2.45) is 0 Å². The zero-order valence-electron chi connectivity index (χ0n) is 8.82. The number of carbonyl (C=O) groups excluding carboxylic acids is 1. The Kier molecular flexibility index (Phi) is 2.52. The van der Waals surface area contributed by atoms with E-state index in [1.165, 1.54) is 0 Å². The number of rotatable bonds is 2. The van der Waals surface area contributed by atoms with Gasteiger partial charge in [-0.3, -0.25) is 5.41 Å². The summed E-state index contributed by atoms with van der Waals surface area (Å²) in [7, 11) is 1.55. The molecule has 1 aliphatic heterocycles. The van der Waals surface area contributed by atoms with Crippen LogP contribution in [0.25, 0.3) is 0 Å². The van der Waals surface area contributed by atoms with Crippen LogP contribution in [0.3, 0.4) is 0 Å². The first-order valence-corrected chi connectivity index (χ1v) is 4.82. The molecule has 1 aliphatic rings. The molecule has 16 heavy (non-hydrogen) atoms. The van der Waals surface area contributed by atoms with E-state index in [1.54, 1.807) is 25.3 Å². The van der Waals surface area contributed by atoms with Gasteiger partial charge in [-0.15, -0.1) is 0 Å². The number of nitrogens with one attached hydrogen (secondary N) is 1. The largest absolute Gasteiger partial charge is 0.497 e. The molecule has 1 unspecified atom stereocenters. The van der Waals surface area contributed by atoms with Gasteiger partial charge in [-0.2, -0.15) is 0 Å². The van der Waals surface area contributed by atoms with Gasteiger partial charge in [0, 0.05) is 11.8 Å². The van der Waals surface area contributed by atoms with Crippen LogP contribution < -0.4 is 10.5 Å². The normalized spacial score (nSPS) is 19.7. The molecule has 0 radical (unpaired) electrons. The van der Waals surface area contributed by atoms with Crippen molar-refractivity contribution < 1.29 is 14.3 Å². The highest BCUT2D eigenvalue weighted by Crippen LogP contribution is 2.30. The molecule has 5 heteroatoms. The molecule has 0 bridgehead atoms. The van der Waals surface area contributed by atoms with Gasteiger partial charge in [-0.25, -0.2) is 4.79 Å². The summed E-state index contributed by atoms with van der Waals surface area (Å²) in [5, 5.41) is 7.58. The smallest absolute Gasteiger partial charge is 0.352 e. The number of ether oxygens (including phenoxy) is 2. The Bertz CT molecular complexity index is 457. The fourth-order valence-corrected chi connectivity index (χ4v) is 1.70. The Morgan fingerprint density at radius 3 is 2.81 bits per heavy atom. The van der Waals surface area contributed by atoms with Crippen molar-refractivity contribution >= 4 is 17.4 Å². The van der Waals surface area contributed by atoms with Crippen LogP contribution in [0.2, 0.25) is 0 Å². The SMILES string of the molecule is COc1ccc(C2COC(=O)C2=N)c(N)c1. The lowest BCUT2D eigenvalue weighted by Gasteiger charge is -2.11. The Morgan fingerprint density at radius 1 is 1.56 bits per heavy atom. The van der Waals surface area contributed by atoms with E-state index in [0.717, 1.165) is 5.56 Å². The number of nitrogens with two attached hydrogens (primary N) is 1. The Balaban J connectivity index is 2.34. The zero-order chi connectivity index (χ0) is 11.7. The second-order valence-electron chi connectivity index (χ2n) is 3.56. The second kappa shape index (κ2) is 3.84. The Labute approximate surface area is 92.7 Å². The lowest BCUT2D eigenvalue weighted by Crippen LogP contribution is -2.13. The number of anilines is 1. The maximum Gasteiger partial charge on any atom is 0.352 e. The third kappa shape index (κ3) is 1.60. The number of hydrogen-bond donors (Lipinski definition) is 2.